The van der Waals surface area contributed by atoms with Crippen LogP contribution in [0.25, 0.3) is 0 Å². The minimum atomic E-state index is -0.561. The number of rotatable bonds is 4. The second-order valence-electron chi connectivity index (χ2n) is 4.52. The van der Waals surface area contributed by atoms with Crippen LogP contribution in [-0.2, 0) is 4.79 Å². The Hall–Kier alpha value is -3.22. The Kier molecular flexibility index (Phi) is 4.47. The fourth-order valence-electron chi connectivity index (χ4n) is 1.84. The maximum absolute atomic E-state index is 12.1. The van der Waals surface area contributed by atoms with Crippen molar-refractivity contribution in [2.24, 2.45) is 0 Å². The molecule has 7 heteroatoms. The zero-order valence-corrected chi connectivity index (χ0v) is 11.7. The van der Waals surface area contributed by atoms with E-state index in [1.807, 2.05) is 0 Å². The molecule has 2 rings (SSSR count). The smallest absolute Gasteiger partial charge is 0.270 e. The van der Waals surface area contributed by atoms with E-state index in [0.29, 0.717) is 11.4 Å². The van der Waals surface area contributed by atoms with Gasteiger partial charge in [-0.1, -0.05) is 12.1 Å². The number of nitrogens with one attached hydrogen (secondary N) is 2. The third kappa shape index (κ3) is 3.89. The van der Waals surface area contributed by atoms with Crippen molar-refractivity contribution in [3.63, 3.8) is 0 Å². The van der Waals surface area contributed by atoms with Gasteiger partial charge >= 0.3 is 0 Å². The zero-order valence-electron chi connectivity index (χ0n) is 11.7. The fourth-order valence-corrected chi connectivity index (χ4v) is 1.84. The normalized spacial score (nSPS) is 9.86. The van der Waals surface area contributed by atoms with Crippen LogP contribution in [0, 0.1) is 10.1 Å². The number of anilines is 2. The van der Waals surface area contributed by atoms with Gasteiger partial charge in [0.05, 0.1) is 4.92 Å². The number of amides is 2. The van der Waals surface area contributed by atoms with Gasteiger partial charge in [0, 0.05) is 36.0 Å². The summed E-state index contributed by atoms with van der Waals surface area (Å²) in [7, 11) is 0. The van der Waals surface area contributed by atoms with Crippen LogP contribution in [0.2, 0.25) is 0 Å². The van der Waals surface area contributed by atoms with Crippen molar-refractivity contribution in [1.82, 2.24) is 0 Å². The first-order valence-corrected chi connectivity index (χ1v) is 6.39. The minimum Gasteiger partial charge on any atom is -0.326 e. The highest BCUT2D eigenvalue weighted by atomic mass is 16.6. The molecule has 0 atom stereocenters. The summed E-state index contributed by atoms with van der Waals surface area (Å²) in [5, 5.41) is 15.9. The highest BCUT2D eigenvalue weighted by Gasteiger charge is 2.11. The van der Waals surface area contributed by atoms with Crippen molar-refractivity contribution in [2.45, 2.75) is 6.92 Å². The van der Waals surface area contributed by atoms with Gasteiger partial charge in [-0.05, 0) is 24.3 Å². The lowest BCUT2D eigenvalue weighted by Gasteiger charge is -2.08. The van der Waals surface area contributed by atoms with Gasteiger partial charge in [-0.3, -0.25) is 19.7 Å². The molecular formula is C15H13N3O4. The lowest BCUT2D eigenvalue weighted by molar-refractivity contribution is -0.384. The Morgan fingerprint density at radius 1 is 1.00 bits per heavy atom. The molecule has 0 fully saturated rings. The summed E-state index contributed by atoms with van der Waals surface area (Å²) in [6.07, 6.45) is 0. The van der Waals surface area contributed by atoms with E-state index in [0.717, 1.165) is 0 Å². The van der Waals surface area contributed by atoms with Gasteiger partial charge in [0.2, 0.25) is 5.91 Å². The van der Waals surface area contributed by atoms with E-state index >= 15 is 0 Å². The van der Waals surface area contributed by atoms with Crippen LogP contribution in [0.1, 0.15) is 17.3 Å². The topological polar surface area (TPSA) is 101 Å². The molecule has 0 spiro atoms. The Morgan fingerprint density at radius 2 is 1.64 bits per heavy atom. The maximum atomic E-state index is 12.1. The molecule has 0 bridgehead atoms. The van der Waals surface area contributed by atoms with Crippen LogP contribution in [0.5, 0.6) is 0 Å². The second kappa shape index (κ2) is 6.49. The lowest BCUT2D eigenvalue weighted by Crippen LogP contribution is -2.12. The summed E-state index contributed by atoms with van der Waals surface area (Å²) in [5.74, 6) is -0.689. The summed E-state index contributed by atoms with van der Waals surface area (Å²) < 4.78 is 0. The van der Waals surface area contributed by atoms with E-state index in [9.17, 15) is 19.7 Å². The van der Waals surface area contributed by atoms with Gasteiger partial charge in [-0.2, -0.15) is 0 Å². The highest BCUT2D eigenvalue weighted by Crippen LogP contribution is 2.18. The molecule has 0 unspecified atom stereocenters. The SMILES string of the molecule is CC(=O)Nc1cccc(NC(=O)c2cccc([N+](=O)[O-])c2)c1. The standard InChI is InChI=1S/C15H13N3O4/c1-10(19)16-12-5-3-6-13(9-12)17-15(20)11-4-2-7-14(8-11)18(21)22/h2-9H,1H3,(H,16,19)(H,17,20). The van der Waals surface area contributed by atoms with E-state index in [1.54, 1.807) is 24.3 Å². The highest BCUT2D eigenvalue weighted by molar-refractivity contribution is 6.05. The van der Waals surface area contributed by atoms with Crippen molar-refractivity contribution in [3.05, 3.63) is 64.2 Å². The number of non-ortho nitro benzene ring substituents is 1. The number of carbonyl (C=O) groups is 2. The zero-order chi connectivity index (χ0) is 16.1. The number of benzene rings is 2. The molecule has 0 aromatic heterocycles. The van der Waals surface area contributed by atoms with E-state index in [2.05, 4.69) is 10.6 Å². The first-order chi connectivity index (χ1) is 10.5. The first kappa shape index (κ1) is 15.2. The van der Waals surface area contributed by atoms with E-state index in [4.69, 9.17) is 0 Å². The molecule has 2 amide bonds. The van der Waals surface area contributed by atoms with Crippen molar-refractivity contribution in [2.75, 3.05) is 10.6 Å². The van der Waals surface area contributed by atoms with Gasteiger partial charge in [-0.25, -0.2) is 0 Å². The molecule has 7 nitrogen and oxygen atoms in total. The van der Waals surface area contributed by atoms with Gasteiger partial charge in [-0.15, -0.1) is 0 Å². The fraction of sp³-hybridized carbons (Fsp3) is 0.0667. The van der Waals surface area contributed by atoms with Crippen molar-refractivity contribution in [1.29, 1.82) is 0 Å². The Labute approximate surface area is 126 Å². The Morgan fingerprint density at radius 3 is 2.27 bits per heavy atom. The summed E-state index contributed by atoms with van der Waals surface area (Å²) in [6.45, 7) is 1.38. The molecule has 22 heavy (non-hydrogen) atoms. The van der Waals surface area contributed by atoms with Crippen LogP contribution in [0.15, 0.2) is 48.5 Å². The van der Waals surface area contributed by atoms with Gasteiger partial charge < -0.3 is 10.6 Å². The summed E-state index contributed by atoms with van der Waals surface area (Å²) in [4.78, 5) is 33.3. The Bertz CT molecular complexity index is 743. The van der Waals surface area contributed by atoms with E-state index < -0.39 is 10.8 Å². The lowest BCUT2D eigenvalue weighted by atomic mass is 10.2. The molecule has 0 radical (unpaired) electrons. The molecular weight excluding hydrogens is 286 g/mol. The third-order valence-corrected chi connectivity index (χ3v) is 2.76. The molecule has 0 aliphatic carbocycles. The molecule has 2 aromatic rings. The van der Waals surface area contributed by atoms with Crippen molar-refractivity contribution < 1.29 is 14.5 Å². The number of hydrogen-bond acceptors (Lipinski definition) is 4. The van der Waals surface area contributed by atoms with Gasteiger partial charge in [0.25, 0.3) is 11.6 Å². The average Bonchev–Trinajstić information content (AvgIpc) is 2.47. The molecule has 2 N–H and O–H groups in total. The molecule has 0 saturated heterocycles. The molecule has 2 aromatic carbocycles. The maximum Gasteiger partial charge on any atom is 0.270 e. The van der Waals surface area contributed by atoms with Crippen LogP contribution in [0.4, 0.5) is 17.1 Å². The monoisotopic (exact) mass is 299 g/mol. The van der Waals surface area contributed by atoms with Gasteiger partial charge in [0.1, 0.15) is 0 Å². The average molecular weight is 299 g/mol. The molecule has 0 heterocycles. The number of carbonyl (C=O) groups excluding carboxylic acids is 2. The predicted molar refractivity (Wildman–Crippen MR) is 81.8 cm³/mol. The molecule has 0 aliphatic heterocycles. The van der Waals surface area contributed by atoms with Crippen LogP contribution in [-0.4, -0.2) is 16.7 Å². The van der Waals surface area contributed by atoms with Crippen LogP contribution >= 0.6 is 0 Å². The number of nitro benzene ring substituents is 1. The molecule has 112 valence electrons. The number of nitrogens with zero attached hydrogens (tertiary/aromatic N) is 1. The quantitative estimate of drug-likeness (QED) is 0.669. The largest absolute Gasteiger partial charge is 0.326 e. The number of nitro groups is 1. The summed E-state index contributed by atoms with van der Waals surface area (Å²) in [5.41, 5.74) is 1.05. The number of hydrogen-bond donors (Lipinski definition) is 2. The second-order valence-corrected chi connectivity index (χ2v) is 4.52. The van der Waals surface area contributed by atoms with Crippen molar-refractivity contribution >= 4 is 28.9 Å². The minimum absolute atomic E-state index is 0.153. The Balaban J connectivity index is 2.16. The van der Waals surface area contributed by atoms with E-state index in [1.165, 1.54) is 31.2 Å². The van der Waals surface area contributed by atoms with Gasteiger partial charge in [0.15, 0.2) is 0 Å². The summed E-state index contributed by atoms with van der Waals surface area (Å²) in [6, 6.07) is 12.1. The van der Waals surface area contributed by atoms with Crippen molar-refractivity contribution in [3.8, 4) is 0 Å². The van der Waals surface area contributed by atoms with Crippen LogP contribution < -0.4 is 10.6 Å². The van der Waals surface area contributed by atoms with Crippen LogP contribution in [0.3, 0.4) is 0 Å². The summed E-state index contributed by atoms with van der Waals surface area (Å²) >= 11 is 0. The predicted octanol–water partition coefficient (Wildman–Crippen LogP) is 2.81. The van der Waals surface area contributed by atoms with E-state index in [-0.39, 0.29) is 17.2 Å². The first-order valence-electron chi connectivity index (χ1n) is 6.39. The molecule has 0 aliphatic rings. The third-order valence-electron chi connectivity index (χ3n) is 2.76. The molecule has 0 saturated carbocycles.